The molecule has 25 heavy (non-hydrogen) atoms. The van der Waals surface area contributed by atoms with Gasteiger partial charge in [-0.15, -0.1) is 11.8 Å². The van der Waals surface area contributed by atoms with Crippen molar-refractivity contribution in [2.24, 2.45) is 0 Å². The van der Waals surface area contributed by atoms with E-state index in [4.69, 9.17) is 9.47 Å². The summed E-state index contributed by atoms with van der Waals surface area (Å²) < 4.78 is 11.4. The Labute approximate surface area is 150 Å². The van der Waals surface area contributed by atoms with Gasteiger partial charge in [0, 0.05) is 34.0 Å². The van der Waals surface area contributed by atoms with Crippen LogP contribution in [0.15, 0.2) is 53.6 Å². The zero-order valence-electron chi connectivity index (χ0n) is 14.0. The van der Waals surface area contributed by atoms with E-state index in [0.29, 0.717) is 13.2 Å². The van der Waals surface area contributed by atoms with Crippen LogP contribution in [0.4, 0.5) is 0 Å². The molecule has 1 aliphatic rings. The van der Waals surface area contributed by atoms with Gasteiger partial charge in [-0.1, -0.05) is 18.2 Å². The van der Waals surface area contributed by atoms with Crippen LogP contribution in [-0.2, 0) is 0 Å². The Morgan fingerprint density at radius 1 is 1.12 bits per heavy atom. The number of rotatable bonds is 4. The third-order valence-corrected chi connectivity index (χ3v) is 5.35. The van der Waals surface area contributed by atoms with Gasteiger partial charge in [0.1, 0.15) is 0 Å². The van der Waals surface area contributed by atoms with Crippen molar-refractivity contribution in [3.8, 4) is 11.5 Å². The van der Waals surface area contributed by atoms with Crippen molar-refractivity contribution < 1.29 is 14.3 Å². The second-order valence-electron chi connectivity index (χ2n) is 6.03. The molecule has 1 aromatic heterocycles. The molecule has 0 aliphatic carbocycles. The summed E-state index contributed by atoms with van der Waals surface area (Å²) in [5.41, 5.74) is 1.73. The van der Waals surface area contributed by atoms with E-state index in [-0.39, 0.29) is 11.0 Å². The van der Waals surface area contributed by atoms with Crippen LogP contribution in [0.25, 0.3) is 10.9 Å². The Balaban J connectivity index is 1.54. The highest BCUT2D eigenvalue weighted by Crippen LogP contribution is 2.36. The maximum absolute atomic E-state index is 12.9. The van der Waals surface area contributed by atoms with Crippen molar-refractivity contribution in [3.05, 3.63) is 54.2 Å². The molecule has 0 spiro atoms. The van der Waals surface area contributed by atoms with Crippen LogP contribution in [0.5, 0.6) is 11.5 Å². The number of aromatic amines is 1. The van der Waals surface area contributed by atoms with Crippen LogP contribution < -0.4 is 9.47 Å². The smallest absolute Gasteiger partial charge is 0.178 e. The normalized spacial score (nSPS) is 14.9. The first kappa shape index (κ1) is 16.1. The van der Waals surface area contributed by atoms with E-state index in [1.54, 1.807) is 6.20 Å². The monoisotopic (exact) mass is 353 g/mol. The predicted octanol–water partition coefficient (Wildman–Crippen LogP) is 4.69. The van der Waals surface area contributed by atoms with Crippen LogP contribution in [0, 0.1) is 0 Å². The van der Waals surface area contributed by atoms with E-state index in [2.05, 4.69) is 4.98 Å². The van der Waals surface area contributed by atoms with E-state index in [1.165, 1.54) is 11.8 Å². The zero-order valence-corrected chi connectivity index (χ0v) is 14.8. The number of carbonyl (C=O) groups is 1. The molecule has 2 aromatic carbocycles. The van der Waals surface area contributed by atoms with Gasteiger partial charge in [0.15, 0.2) is 17.3 Å². The van der Waals surface area contributed by atoms with E-state index < -0.39 is 0 Å². The molecule has 128 valence electrons. The molecular formula is C20H19NO3S. The second-order valence-corrected chi connectivity index (χ2v) is 7.45. The van der Waals surface area contributed by atoms with Crippen LogP contribution >= 0.6 is 11.8 Å². The first-order valence-corrected chi connectivity index (χ1v) is 9.27. The van der Waals surface area contributed by atoms with Gasteiger partial charge in [-0.05, 0) is 31.2 Å². The van der Waals surface area contributed by atoms with E-state index in [0.717, 1.165) is 39.3 Å². The predicted molar refractivity (Wildman–Crippen MR) is 100.0 cm³/mol. The molecule has 3 aromatic rings. The third kappa shape index (κ3) is 3.24. The molecule has 0 bridgehead atoms. The average Bonchev–Trinajstić information content (AvgIpc) is 2.92. The van der Waals surface area contributed by atoms with Crippen molar-refractivity contribution in [2.75, 3.05) is 13.2 Å². The molecule has 5 heteroatoms. The average molecular weight is 353 g/mol. The van der Waals surface area contributed by atoms with Gasteiger partial charge in [0.25, 0.3) is 0 Å². The summed E-state index contributed by atoms with van der Waals surface area (Å²) in [6, 6.07) is 13.7. The Kier molecular flexibility index (Phi) is 4.40. The molecule has 0 saturated carbocycles. The molecule has 4 nitrogen and oxygen atoms in total. The lowest BCUT2D eigenvalue weighted by molar-refractivity contribution is 0.0995. The molecule has 2 heterocycles. The van der Waals surface area contributed by atoms with E-state index in [1.807, 2.05) is 49.4 Å². The first-order chi connectivity index (χ1) is 12.2. The summed E-state index contributed by atoms with van der Waals surface area (Å²) in [5, 5.41) is 0.780. The maximum atomic E-state index is 12.9. The highest BCUT2D eigenvalue weighted by Gasteiger charge is 2.20. The summed E-state index contributed by atoms with van der Waals surface area (Å²) in [7, 11) is 0. The fraction of sp³-hybridized carbons (Fsp3) is 0.250. The van der Waals surface area contributed by atoms with E-state index >= 15 is 0 Å². The van der Waals surface area contributed by atoms with Crippen LogP contribution in [0.1, 0.15) is 23.7 Å². The van der Waals surface area contributed by atoms with Crippen molar-refractivity contribution in [2.45, 2.75) is 23.5 Å². The van der Waals surface area contributed by atoms with Gasteiger partial charge in [0.05, 0.1) is 18.5 Å². The number of H-pyrrole nitrogens is 1. The number of thioether (sulfide) groups is 1. The fourth-order valence-electron chi connectivity index (χ4n) is 2.97. The number of hydrogen-bond acceptors (Lipinski definition) is 4. The van der Waals surface area contributed by atoms with Gasteiger partial charge in [-0.3, -0.25) is 4.79 Å². The lowest BCUT2D eigenvalue weighted by Gasteiger charge is -2.12. The Morgan fingerprint density at radius 2 is 1.92 bits per heavy atom. The molecule has 0 saturated heterocycles. The summed E-state index contributed by atoms with van der Waals surface area (Å²) >= 11 is 1.54. The molecule has 1 aliphatic heterocycles. The first-order valence-electron chi connectivity index (χ1n) is 8.39. The Hall–Kier alpha value is -2.40. The van der Waals surface area contributed by atoms with Crippen LogP contribution in [0.2, 0.25) is 0 Å². The van der Waals surface area contributed by atoms with Crippen molar-refractivity contribution in [1.82, 2.24) is 4.98 Å². The largest absolute Gasteiger partial charge is 0.490 e. The zero-order chi connectivity index (χ0) is 17.2. The van der Waals surface area contributed by atoms with Gasteiger partial charge in [-0.25, -0.2) is 0 Å². The standard InChI is InChI=1S/C20H19NO3S/c1-13(20(22)16-12-21-17-6-3-2-5-15(16)17)25-14-7-8-18-19(11-14)24-10-4-9-23-18/h2-3,5-8,11-13,21H,4,9-10H2,1H3/t13-/m1/s1. The molecule has 0 fully saturated rings. The quantitative estimate of drug-likeness (QED) is 0.546. The summed E-state index contributed by atoms with van der Waals surface area (Å²) in [4.78, 5) is 17.0. The minimum absolute atomic E-state index is 0.120. The summed E-state index contributed by atoms with van der Waals surface area (Å²) in [6.07, 6.45) is 2.69. The van der Waals surface area contributed by atoms with Crippen LogP contribution in [0.3, 0.4) is 0 Å². The molecule has 0 unspecified atom stereocenters. The Morgan fingerprint density at radius 3 is 2.80 bits per heavy atom. The number of ketones is 1. The number of benzene rings is 2. The number of para-hydroxylation sites is 1. The molecular weight excluding hydrogens is 334 g/mol. The van der Waals surface area contributed by atoms with Gasteiger partial charge < -0.3 is 14.5 Å². The van der Waals surface area contributed by atoms with E-state index in [9.17, 15) is 4.79 Å². The molecule has 0 amide bonds. The minimum atomic E-state index is -0.191. The Bertz CT molecular complexity index is 918. The van der Waals surface area contributed by atoms with Gasteiger partial charge in [0.2, 0.25) is 0 Å². The second kappa shape index (κ2) is 6.84. The van der Waals surface area contributed by atoms with Crippen molar-refractivity contribution >= 4 is 28.4 Å². The number of nitrogens with one attached hydrogen (secondary N) is 1. The number of Topliss-reactive ketones (excluding diaryl/α,β-unsaturated/α-hetero) is 1. The topological polar surface area (TPSA) is 51.3 Å². The van der Waals surface area contributed by atoms with Gasteiger partial charge in [-0.2, -0.15) is 0 Å². The number of fused-ring (bicyclic) bond motifs is 2. The molecule has 4 rings (SSSR count). The number of aromatic nitrogens is 1. The lowest BCUT2D eigenvalue weighted by atomic mass is 10.1. The van der Waals surface area contributed by atoms with Crippen molar-refractivity contribution in [3.63, 3.8) is 0 Å². The van der Waals surface area contributed by atoms with Crippen molar-refractivity contribution in [1.29, 1.82) is 0 Å². The molecule has 0 radical (unpaired) electrons. The number of ether oxygens (including phenoxy) is 2. The van der Waals surface area contributed by atoms with Crippen LogP contribution in [-0.4, -0.2) is 29.2 Å². The fourth-order valence-corrected chi connectivity index (χ4v) is 3.93. The highest BCUT2D eigenvalue weighted by atomic mass is 32.2. The number of hydrogen-bond donors (Lipinski definition) is 1. The minimum Gasteiger partial charge on any atom is -0.490 e. The summed E-state index contributed by atoms with van der Waals surface area (Å²) in [6.45, 7) is 3.28. The molecule has 1 N–H and O–H groups in total. The lowest BCUT2D eigenvalue weighted by Crippen LogP contribution is -2.13. The highest BCUT2D eigenvalue weighted by molar-refractivity contribution is 8.00. The summed E-state index contributed by atoms with van der Waals surface area (Å²) in [5.74, 6) is 1.65. The maximum Gasteiger partial charge on any atom is 0.178 e. The van der Waals surface area contributed by atoms with Gasteiger partial charge >= 0.3 is 0 Å². The third-order valence-electron chi connectivity index (χ3n) is 4.26. The SMILES string of the molecule is C[C@@H](Sc1ccc2c(c1)OCCCO2)C(=O)c1c[nH]c2ccccc12. The number of carbonyl (C=O) groups excluding carboxylic acids is 1. The molecule has 1 atom stereocenters.